The van der Waals surface area contributed by atoms with Crippen LogP contribution in [0.4, 0.5) is 4.39 Å². The molecule has 0 bridgehead atoms. The van der Waals surface area contributed by atoms with Gasteiger partial charge in [-0.25, -0.2) is 9.49 Å². The van der Waals surface area contributed by atoms with Gasteiger partial charge in [0.2, 0.25) is 0 Å². The van der Waals surface area contributed by atoms with Gasteiger partial charge in [-0.2, -0.15) is 5.10 Å². The van der Waals surface area contributed by atoms with Gasteiger partial charge in [0, 0.05) is 11.6 Å². The third kappa shape index (κ3) is 1.88. The quantitative estimate of drug-likeness (QED) is 0.710. The minimum absolute atomic E-state index is 0.235. The van der Waals surface area contributed by atoms with E-state index in [1.165, 1.54) is 18.2 Å². The Morgan fingerprint density at radius 3 is 2.50 bits per heavy atom. The maximum absolute atomic E-state index is 13.1. The van der Waals surface area contributed by atoms with Crippen LogP contribution < -0.4 is 5.56 Å². The van der Waals surface area contributed by atoms with Gasteiger partial charge in [0.15, 0.2) is 0 Å². The van der Waals surface area contributed by atoms with Crippen LogP contribution >= 0.6 is 0 Å². The van der Waals surface area contributed by atoms with Crippen LogP contribution in [0.2, 0.25) is 0 Å². The molecule has 0 radical (unpaired) electrons. The lowest BCUT2D eigenvalue weighted by Gasteiger charge is -2.02. The summed E-state index contributed by atoms with van der Waals surface area (Å²) in [5.74, 6) is -0.252. The van der Waals surface area contributed by atoms with E-state index < -0.39 is 0 Å². The van der Waals surface area contributed by atoms with Crippen molar-refractivity contribution in [3.05, 3.63) is 64.7 Å². The number of hydrogen-bond acceptors (Lipinski definition) is 2. The Bertz CT molecular complexity index is 760. The van der Waals surface area contributed by atoms with Crippen LogP contribution in [0.25, 0.3) is 22.0 Å². The Kier molecular flexibility index (Phi) is 2.41. The molecule has 1 heterocycles. The van der Waals surface area contributed by atoms with Crippen molar-refractivity contribution in [3.63, 3.8) is 0 Å². The lowest BCUT2D eigenvalue weighted by molar-refractivity contribution is 0.630. The first-order chi connectivity index (χ1) is 8.72. The molecule has 0 aliphatic rings. The Morgan fingerprint density at radius 1 is 0.944 bits per heavy atom. The van der Waals surface area contributed by atoms with Crippen LogP contribution in [-0.2, 0) is 0 Å². The molecule has 88 valence electrons. The SMILES string of the molecule is O=c1ccc(-c2ccc3cc(F)ccc3c2)n[nH]1. The molecule has 0 fully saturated rings. The van der Waals surface area contributed by atoms with E-state index in [9.17, 15) is 9.18 Å². The molecule has 0 saturated carbocycles. The first-order valence-electron chi connectivity index (χ1n) is 5.48. The van der Waals surface area contributed by atoms with E-state index in [1.807, 2.05) is 18.2 Å². The zero-order valence-electron chi connectivity index (χ0n) is 9.35. The second kappa shape index (κ2) is 4.07. The molecule has 3 aromatic rings. The minimum Gasteiger partial charge on any atom is -0.268 e. The largest absolute Gasteiger partial charge is 0.268 e. The molecule has 3 nitrogen and oxygen atoms in total. The van der Waals surface area contributed by atoms with Crippen LogP contribution in [0, 0.1) is 5.82 Å². The lowest BCUT2D eigenvalue weighted by atomic mass is 10.0. The maximum atomic E-state index is 13.1. The highest BCUT2D eigenvalue weighted by molar-refractivity contribution is 5.86. The molecule has 3 rings (SSSR count). The van der Waals surface area contributed by atoms with Gasteiger partial charge in [0.1, 0.15) is 5.82 Å². The number of benzene rings is 2. The minimum atomic E-state index is -0.252. The van der Waals surface area contributed by atoms with Gasteiger partial charge in [0.25, 0.3) is 5.56 Å². The number of aromatic amines is 1. The van der Waals surface area contributed by atoms with Gasteiger partial charge < -0.3 is 0 Å². The summed E-state index contributed by atoms with van der Waals surface area (Å²) < 4.78 is 13.1. The highest BCUT2D eigenvalue weighted by Crippen LogP contribution is 2.22. The van der Waals surface area contributed by atoms with Crippen LogP contribution in [0.15, 0.2) is 53.3 Å². The third-order valence-electron chi connectivity index (χ3n) is 2.78. The van der Waals surface area contributed by atoms with Crippen molar-refractivity contribution in [1.82, 2.24) is 10.2 Å². The van der Waals surface area contributed by atoms with Crippen molar-refractivity contribution < 1.29 is 4.39 Å². The van der Waals surface area contributed by atoms with E-state index in [0.717, 1.165) is 16.3 Å². The van der Waals surface area contributed by atoms with Gasteiger partial charge in [-0.15, -0.1) is 0 Å². The molecule has 0 amide bonds. The van der Waals surface area contributed by atoms with Gasteiger partial charge in [-0.05, 0) is 35.0 Å². The molecule has 1 N–H and O–H groups in total. The standard InChI is InChI=1S/C14H9FN2O/c15-12-4-3-9-7-11(2-1-10(9)8-12)13-5-6-14(18)17-16-13/h1-8H,(H,17,18). The number of fused-ring (bicyclic) bond motifs is 1. The Hall–Kier alpha value is -2.49. The molecule has 18 heavy (non-hydrogen) atoms. The number of rotatable bonds is 1. The average Bonchev–Trinajstić information content (AvgIpc) is 2.39. The molecule has 0 saturated heterocycles. The molecule has 2 aromatic carbocycles. The number of halogens is 1. The molecule has 0 aliphatic carbocycles. The molecular formula is C14H9FN2O. The van der Waals surface area contributed by atoms with Gasteiger partial charge in [-0.1, -0.05) is 18.2 Å². The van der Waals surface area contributed by atoms with E-state index in [-0.39, 0.29) is 11.4 Å². The summed E-state index contributed by atoms with van der Waals surface area (Å²) in [6.07, 6.45) is 0. The van der Waals surface area contributed by atoms with Crippen molar-refractivity contribution in [2.45, 2.75) is 0 Å². The Labute approximate surface area is 102 Å². The number of H-pyrrole nitrogens is 1. The monoisotopic (exact) mass is 240 g/mol. The zero-order valence-corrected chi connectivity index (χ0v) is 9.35. The van der Waals surface area contributed by atoms with E-state index in [1.54, 1.807) is 12.1 Å². The summed E-state index contributed by atoms with van der Waals surface area (Å²) in [7, 11) is 0. The van der Waals surface area contributed by atoms with Crippen LogP contribution in [0.1, 0.15) is 0 Å². The number of nitrogens with one attached hydrogen (secondary N) is 1. The summed E-state index contributed by atoms with van der Waals surface area (Å²) >= 11 is 0. The molecule has 1 aromatic heterocycles. The summed E-state index contributed by atoms with van der Waals surface area (Å²) in [5, 5.41) is 8.12. The first kappa shape index (κ1) is 10.7. The van der Waals surface area contributed by atoms with E-state index >= 15 is 0 Å². The van der Waals surface area contributed by atoms with Crippen molar-refractivity contribution in [2.75, 3.05) is 0 Å². The fraction of sp³-hybridized carbons (Fsp3) is 0. The topological polar surface area (TPSA) is 45.8 Å². The first-order valence-corrected chi connectivity index (χ1v) is 5.48. The highest BCUT2D eigenvalue weighted by atomic mass is 19.1. The van der Waals surface area contributed by atoms with Gasteiger partial charge >= 0.3 is 0 Å². The van der Waals surface area contributed by atoms with Crippen LogP contribution in [0.3, 0.4) is 0 Å². The predicted octanol–water partition coefficient (Wildman–Crippen LogP) is 2.73. The van der Waals surface area contributed by atoms with Crippen molar-refractivity contribution in [3.8, 4) is 11.3 Å². The van der Waals surface area contributed by atoms with Gasteiger partial charge in [-0.3, -0.25) is 4.79 Å². The number of aromatic nitrogens is 2. The summed E-state index contributed by atoms with van der Waals surface area (Å²) in [4.78, 5) is 10.9. The van der Waals surface area contributed by atoms with Crippen molar-refractivity contribution >= 4 is 10.8 Å². The van der Waals surface area contributed by atoms with Crippen molar-refractivity contribution in [1.29, 1.82) is 0 Å². The van der Waals surface area contributed by atoms with Crippen LogP contribution in [-0.4, -0.2) is 10.2 Å². The molecule has 4 heteroatoms. The Morgan fingerprint density at radius 2 is 1.72 bits per heavy atom. The number of nitrogens with zero attached hydrogens (tertiary/aromatic N) is 1. The average molecular weight is 240 g/mol. The van der Waals surface area contributed by atoms with E-state index in [4.69, 9.17) is 0 Å². The molecule has 0 unspecified atom stereocenters. The highest BCUT2D eigenvalue weighted by Gasteiger charge is 2.02. The summed E-state index contributed by atoms with van der Waals surface area (Å²) in [6, 6.07) is 13.3. The molecule has 0 spiro atoms. The van der Waals surface area contributed by atoms with E-state index in [2.05, 4.69) is 10.2 Å². The lowest BCUT2D eigenvalue weighted by Crippen LogP contribution is -2.05. The normalized spacial score (nSPS) is 10.7. The molecular weight excluding hydrogens is 231 g/mol. The Balaban J connectivity index is 2.16. The van der Waals surface area contributed by atoms with Gasteiger partial charge in [0.05, 0.1) is 5.69 Å². The third-order valence-corrected chi connectivity index (χ3v) is 2.78. The van der Waals surface area contributed by atoms with Crippen LogP contribution in [0.5, 0.6) is 0 Å². The maximum Gasteiger partial charge on any atom is 0.264 e. The number of hydrogen-bond donors (Lipinski definition) is 1. The predicted molar refractivity (Wildman–Crippen MR) is 67.8 cm³/mol. The fourth-order valence-electron chi connectivity index (χ4n) is 1.88. The molecule has 0 atom stereocenters. The zero-order chi connectivity index (χ0) is 12.5. The summed E-state index contributed by atoms with van der Waals surface area (Å²) in [6.45, 7) is 0. The summed E-state index contributed by atoms with van der Waals surface area (Å²) in [5.41, 5.74) is 1.33. The fourth-order valence-corrected chi connectivity index (χ4v) is 1.88. The second-order valence-corrected chi connectivity index (χ2v) is 4.01. The van der Waals surface area contributed by atoms with E-state index in [0.29, 0.717) is 5.69 Å². The van der Waals surface area contributed by atoms with Crippen molar-refractivity contribution in [2.24, 2.45) is 0 Å². The molecule has 0 aliphatic heterocycles. The smallest absolute Gasteiger partial charge is 0.264 e. The second-order valence-electron chi connectivity index (χ2n) is 4.01.